The summed E-state index contributed by atoms with van der Waals surface area (Å²) in [6.07, 6.45) is 4.00. The third-order valence-electron chi connectivity index (χ3n) is 3.58. The Kier molecular flexibility index (Phi) is 2.83. The van der Waals surface area contributed by atoms with Crippen molar-refractivity contribution in [2.75, 3.05) is 25.1 Å². The molecule has 1 unspecified atom stereocenters. The Labute approximate surface area is 109 Å². The summed E-state index contributed by atoms with van der Waals surface area (Å²) < 4.78 is 0. The van der Waals surface area contributed by atoms with Gasteiger partial charge < -0.3 is 10.1 Å². The Morgan fingerprint density at radius 1 is 1.58 bits per heavy atom. The first kappa shape index (κ1) is 11.9. The highest BCUT2D eigenvalue weighted by atomic mass is 16.4. The number of fused-ring (bicyclic) bond motifs is 1. The van der Waals surface area contributed by atoms with E-state index in [9.17, 15) is 4.79 Å². The van der Waals surface area contributed by atoms with Crippen molar-refractivity contribution in [2.24, 2.45) is 5.92 Å². The van der Waals surface area contributed by atoms with E-state index in [-0.39, 0.29) is 5.92 Å². The molecule has 0 aliphatic carbocycles. The number of aromatic nitrogens is 3. The van der Waals surface area contributed by atoms with Crippen LogP contribution in [0.3, 0.4) is 0 Å². The Morgan fingerprint density at radius 3 is 3.16 bits per heavy atom. The largest absolute Gasteiger partial charge is 0.481 e. The summed E-state index contributed by atoms with van der Waals surface area (Å²) in [6.45, 7) is 1.24. The maximum atomic E-state index is 11.0. The monoisotopic (exact) mass is 261 g/mol. The smallest absolute Gasteiger partial charge is 0.307 e. The van der Waals surface area contributed by atoms with Crippen molar-refractivity contribution >= 4 is 22.8 Å². The number of H-pyrrole nitrogens is 1. The zero-order chi connectivity index (χ0) is 13.4. The van der Waals surface area contributed by atoms with Gasteiger partial charge in [0.25, 0.3) is 0 Å². The molecule has 1 fully saturated rings. The van der Waals surface area contributed by atoms with Crippen LogP contribution in [-0.2, 0) is 4.79 Å². The molecule has 7 nitrogen and oxygen atoms in total. The van der Waals surface area contributed by atoms with E-state index in [0.29, 0.717) is 13.0 Å². The van der Waals surface area contributed by atoms with Gasteiger partial charge in [-0.05, 0) is 12.5 Å². The number of hydrazine groups is 1. The van der Waals surface area contributed by atoms with Crippen LogP contribution in [0.1, 0.15) is 6.42 Å². The fourth-order valence-electron chi connectivity index (χ4n) is 2.47. The molecule has 3 rings (SSSR count). The molecule has 100 valence electrons. The van der Waals surface area contributed by atoms with Crippen LogP contribution in [-0.4, -0.2) is 51.2 Å². The quantitative estimate of drug-likeness (QED) is 0.846. The zero-order valence-corrected chi connectivity index (χ0v) is 10.6. The fourth-order valence-corrected chi connectivity index (χ4v) is 2.47. The van der Waals surface area contributed by atoms with E-state index in [1.165, 1.54) is 6.33 Å². The summed E-state index contributed by atoms with van der Waals surface area (Å²) in [4.78, 5) is 22.5. The van der Waals surface area contributed by atoms with E-state index >= 15 is 0 Å². The van der Waals surface area contributed by atoms with Gasteiger partial charge in [-0.3, -0.25) is 9.80 Å². The first-order chi connectivity index (χ1) is 9.16. The maximum absolute atomic E-state index is 11.0. The van der Waals surface area contributed by atoms with Gasteiger partial charge in [-0.2, -0.15) is 0 Å². The summed E-state index contributed by atoms with van der Waals surface area (Å²) in [7, 11) is 1.90. The molecule has 0 radical (unpaired) electrons. The van der Waals surface area contributed by atoms with Crippen molar-refractivity contribution in [3.05, 3.63) is 18.6 Å². The lowest BCUT2D eigenvalue weighted by Gasteiger charge is -2.29. The Bertz CT molecular complexity index is 611. The number of hydrogen-bond acceptors (Lipinski definition) is 5. The second-order valence-electron chi connectivity index (χ2n) is 4.70. The molecule has 19 heavy (non-hydrogen) atoms. The second kappa shape index (κ2) is 4.51. The molecule has 1 atom stereocenters. The molecule has 0 spiro atoms. The number of aliphatic carboxylic acids is 1. The minimum atomic E-state index is -0.731. The number of anilines is 1. The van der Waals surface area contributed by atoms with Crippen LogP contribution in [0, 0.1) is 5.92 Å². The number of rotatable bonds is 3. The highest BCUT2D eigenvalue weighted by Crippen LogP contribution is 2.25. The Hall–Kier alpha value is -2.15. The van der Waals surface area contributed by atoms with Gasteiger partial charge in [0.2, 0.25) is 0 Å². The normalized spacial score (nSPS) is 19.9. The van der Waals surface area contributed by atoms with Crippen LogP contribution in [0.4, 0.5) is 5.82 Å². The van der Waals surface area contributed by atoms with Gasteiger partial charge in [-0.25, -0.2) is 15.0 Å². The van der Waals surface area contributed by atoms with Crippen molar-refractivity contribution in [1.82, 2.24) is 20.0 Å². The Balaban J connectivity index is 1.86. The highest BCUT2D eigenvalue weighted by Gasteiger charge is 2.31. The summed E-state index contributed by atoms with van der Waals surface area (Å²) in [5, 5.41) is 13.9. The van der Waals surface area contributed by atoms with Gasteiger partial charge in [0.15, 0.2) is 5.82 Å². The molecule has 2 aromatic rings. The summed E-state index contributed by atoms with van der Waals surface area (Å²) >= 11 is 0. The number of carboxylic acids is 1. The molecular formula is C12H15N5O2. The van der Waals surface area contributed by atoms with Crippen LogP contribution in [0.5, 0.6) is 0 Å². The average Bonchev–Trinajstić information content (AvgIpc) is 3.06. The number of aromatic amines is 1. The van der Waals surface area contributed by atoms with Crippen molar-refractivity contribution in [3.8, 4) is 0 Å². The van der Waals surface area contributed by atoms with E-state index in [4.69, 9.17) is 5.11 Å². The number of nitrogens with one attached hydrogen (secondary N) is 1. The molecule has 0 bridgehead atoms. The van der Waals surface area contributed by atoms with E-state index in [1.807, 2.05) is 29.3 Å². The number of carboxylic acid groups (broad SMARTS) is 1. The van der Waals surface area contributed by atoms with Crippen molar-refractivity contribution < 1.29 is 9.90 Å². The van der Waals surface area contributed by atoms with Crippen LogP contribution in [0.25, 0.3) is 11.0 Å². The van der Waals surface area contributed by atoms with Gasteiger partial charge in [-0.15, -0.1) is 0 Å². The first-order valence-corrected chi connectivity index (χ1v) is 6.16. The zero-order valence-electron chi connectivity index (χ0n) is 10.6. The predicted octanol–water partition coefficient (Wildman–Crippen LogP) is 0.716. The predicted molar refractivity (Wildman–Crippen MR) is 69.6 cm³/mol. The summed E-state index contributed by atoms with van der Waals surface area (Å²) in [5.41, 5.74) is 0.783. The van der Waals surface area contributed by atoms with Crippen LogP contribution >= 0.6 is 0 Å². The highest BCUT2D eigenvalue weighted by molar-refractivity contribution is 5.86. The van der Waals surface area contributed by atoms with Gasteiger partial charge in [0.1, 0.15) is 12.0 Å². The lowest BCUT2D eigenvalue weighted by molar-refractivity contribution is -0.141. The van der Waals surface area contributed by atoms with E-state index in [2.05, 4.69) is 15.0 Å². The van der Waals surface area contributed by atoms with Crippen LogP contribution in [0.2, 0.25) is 0 Å². The van der Waals surface area contributed by atoms with E-state index in [0.717, 1.165) is 23.4 Å². The molecule has 1 aliphatic heterocycles. The SMILES string of the molecule is CN(c1ncnc2[nH]ccc12)N1CCC(C(=O)O)C1. The third kappa shape index (κ3) is 2.01. The molecule has 7 heteroatoms. The molecule has 0 amide bonds. The summed E-state index contributed by atoms with van der Waals surface area (Å²) in [5.74, 6) is -0.242. The van der Waals surface area contributed by atoms with Gasteiger partial charge in [0, 0.05) is 26.3 Å². The van der Waals surface area contributed by atoms with Crippen LogP contribution in [0.15, 0.2) is 18.6 Å². The van der Waals surface area contributed by atoms with Crippen molar-refractivity contribution in [3.63, 3.8) is 0 Å². The Morgan fingerprint density at radius 2 is 2.42 bits per heavy atom. The molecule has 2 aromatic heterocycles. The minimum Gasteiger partial charge on any atom is -0.481 e. The minimum absolute atomic E-state index is 0.300. The van der Waals surface area contributed by atoms with Gasteiger partial charge >= 0.3 is 5.97 Å². The fraction of sp³-hybridized carbons (Fsp3) is 0.417. The molecule has 3 heterocycles. The maximum Gasteiger partial charge on any atom is 0.307 e. The number of hydrogen-bond donors (Lipinski definition) is 2. The van der Waals surface area contributed by atoms with Crippen LogP contribution < -0.4 is 5.01 Å². The second-order valence-corrected chi connectivity index (χ2v) is 4.70. The number of carbonyl (C=O) groups is 1. The van der Waals surface area contributed by atoms with E-state index in [1.54, 1.807) is 0 Å². The van der Waals surface area contributed by atoms with Gasteiger partial charge in [0.05, 0.1) is 11.3 Å². The molecule has 1 saturated heterocycles. The van der Waals surface area contributed by atoms with Crippen molar-refractivity contribution in [2.45, 2.75) is 6.42 Å². The van der Waals surface area contributed by atoms with Gasteiger partial charge in [-0.1, -0.05) is 0 Å². The topological polar surface area (TPSA) is 85.4 Å². The lowest BCUT2D eigenvalue weighted by atomic mass is 10.1. The molecule has 2 N–H and O–H groups in total. The molecule has 1 aliphatic rings. The first-order valence-electron chi connectivity index (χ1n) is 6.16. The van der Waals surface area contributed by atoms with Crippen molar-refractivity contribution in [1.29, 1.82) is 0 Å². The average molecular weight is 261 g/mol. The molecule has 0 saturated carbocycles. The molecule has 0 aromatic carbocycles. The standard InChI is InChI=1S/C12H15N5O2/c1-16(17-5-3-8(6-17)12(18)19)11-9-2-4-13-10(9)14-7-15-11/h2,4,7-8H,3,5-6H2,1H3,(H,18,19)(H,13,14,15). The molecular weight excluding hydrogens is 246 g/mol. The summed E-state index contributed by atoms with van der Waals surface area (Å²) in [6, 6.07) is 1.92. The third-order valence-corrected chi connectivity index (χ3v) is 3.58. The van der Waals surface area contributed by atoms with E-state index < -0.39 is 5.97 Å². The lowest BCUT2D eigenvalue weighted by Crippen LogP contribution is -2.39. The number of nitrogens with zero attached hydrogens (tertiary/aromatic N) is 4.